The lowest BCUT2D eigenvalue weighted by atomic mass is 10.4. The Labute approximate surface area is 97.8 Å². The Morgan fingerprint density at radius 3 is 3.12 bits per heavy atom. The molecule has 1 saturated carbocycles. The maximum Gasteiger partial charge on any atom is 0.142 e. The van der Waals surface area contributed by atoms with Crippen LogP contribution in [0, 0.1) is 0 Å². The average Bonchev–Trinajstić information content (AvgIpc) is 3.05. The van der Waals surface area contributed by atoms with E-state index in [1.807, 2.05) is 6.07 Å². The third-order valence-corrected chi connectivity index (χ3v) is 3.42. The summed E-state index contributed by atoms with van der Waals surface area (Å²) in [6, 6.07) is 2.61. The highest BCUT2D eigenvalue weighted by Gasteiger charge is 2.20. The number of hydrogen-bond acceptors (Lipinski definition) is 5. The van der Waals surface area contributed by atoms with Crippen molar-refractivity contribution in [1.29, 1.82) is 0 Å². The van der Waals surface area contributed by atoms with Crippen LogP contribution in [-0.2, 0) is 6.54 Å². The number of nitrogens with one attached hydrogen (secondary N) is 1. The molecule has 2 aromatic heterocycles. The standard InChI is InChI=1S/C11H12N4S/c1-2-8(1)13-5-9-6-16-11(15-9)10-3-4-12-7-14-10/h3-4,6-8,13H,1-2,5H2. The van der Waals surface area contributed by atoms with E-state index in [2.05, 4.69) is 25.6 Å². The smallest absolute Gasteiger partial charge is 0.142 e. The summed E-state index contributed by atoms with van der Waals surface area (Å²) in [7, 11) is 0. The monoisotopic (exact) mass is 232 g/mol. The first kappa shape index (κ1) is 9.86. The maximum absolute atomic E-state index is 4.55. The van der Waals surface area contributed by atoms with Gasteiger partial charge in [0.2, 0.25) is 0 Å². The molecule has 2 aromatic rings. The highest BCUT2D eigenvalue weighted by atomic mass is 32.1. The summed E-state index contributed by atoms with van der Waals surface area (Å²) in [5.41, 5.74) is 2.00. The minimum Gasteiger partial charge on any atom is -0.308 e. The molecule has 0 spiro atoms. The molecule has 4 nitrogen and oxygen atoms in total. The number of aromatic nitrogens is 3. The maximum atomic E-state index is 4.55. The second-order valence-corrected chi connectivity index (χ2v) is 4.75. The lowest BCUT2D eigenvalue weighted by Gasteiger charge is -1.97. The predicted molar refractivity (Wildman–Crippen MR) is 63.0 cm³/mol. The fourth-order valence-electron chi connectivity index (χ4n) is 1.46. The van der Waals surface area contributed by atoms with Crippen molar-refractivity contribution < 1.29 is 0 Å². The van der Waals surface area contributed by atoms with Crippen molar-refractivity contribution in [3.63, 3.8) is 0 Å². The Balaban J connectivity index is 1.71. The Hall–Kier alpha value is -1.33. The second-order valence-electron chi connectivity index (χ2n) is 3.89. The van der Waals surface area contributed by atoms with Gasteiger partial charge >= 0.3 is 0 Å². The lowest BCUT2D eigenvalue weighted by Crippen LogP contribution is -2.15. The number of nitrogens with zero attached hydrogens (tertiary/aromatic N) is 3. The van der Waals surface area contributed by atoms with Gasteiger partial charge in [0.15, 0.2) is 0 Å². The van der Waals surface area contributed by atoms with Crippen LogP contribution in [0.25, 0.3) is 10.7 Å². The minimum atomic E-state index is 0.726. The molecule has 0 radical (unpaired) electrons. The van der Waals surface area contributed by atoms with Gasteiger partial charge in [-0.1, -0.05) is 0 Å². The molecular weight excluding hydrogens is 220 g/mol. The molecule has 0 amide bonds. The lowest BCUT2D eigenvalue weighted by molar-refractivity contribution is 0.678. The first-order chi connectivity index (χ1) is 7.92. The van der Waals surface area contributed by atoms with Gasteiger partial charge in [-0.3, -0.25) is 0 Å². The Morgan fingerprint density at radius 2 is 2.38 bits per heavy atom. The van der Waals surface area contributed by atoms with Gasteiger partial charge in [-0.05, 0) is 18.9 Å². The van der Waals surface area contributed by atoms with E-state index in [-0.39, 0.29) is 0 Å². The molecule has 1 aliphatic rings. The SMILES string of the molecule is c1cc(-c2nc(CNC3CC3)cs2)ncn1. The first-order valence-electron chi connectivity index (χ1n) is 5.36. The molecule has 0 saturated heterocycles. The Bertz CT molecular complexity index is 464. The third kappa shape index (κ3) is 2.25. The van der Waals surface area contributed by atoms with E-state index < -0.39 is 0 Å². The van der Waals surface area contributed by atoms with Gasteiger partial charge in [-0.2, -0.15) is 0 Å². The van der Waals surface area contributed by atoms with Crippen LogP contribution in [0.5, 0.6) is 0 Å². The van der Waals surface area contributed by atoms with Crippen LogP contribution >= 0.6 is 11.3 Å². The molecule has 0 unspecified atom stereocenters. The molecule has 0 aliphatic heterocycles. The second kappa shape index (κ2) is 4.27. The number of rotatable bonds is 4. The van der Waals surface area contributed by atoms with Gasteiger partial charge < -0.3 is 5.32 Å². The Morgan fingerprint density at radius 1 is 1.44 bits per heavy atom. The molecule has 0 aromatic carbocycles. The van der Waals surface area contributed by atoms with Crippen LogP contribution < -0.4 is 5.32 Å². The molecule has 5 heteroatoms. The normalized spacial score (nSPS) is 15.2. The zero-order chi connectivity index (χ0) is 10.8. The average molecular weight is 232 g/mol. The van der Waals surface area contributed by atoms with Crippen LogP contribution in [0.2, 0.25) is 0 Å². The Kier molecular flexibility index (Phi) is 2.63. The van der Waals surface area contributed by atoms with E-state index in [4.69, 9.17) is 0 Å². The van der Waals surface area contributed by atoms with Crippen molar-refractivity contribution >= 4 is 11.3 Å². The van der Waals surface area contributed by atoms with Gasteiger partial charge in [0.25, 0.3) is 0 Å². The van der Waals surface area contributed by atoms with Gasteiger partial charge in [0, 0.05) is 24.2 Å². The van der Waals surface area contributed by atoms with Gasteiger partial charge in [0.05, 0.1) is 5.69 Å². The van der Waals surface area contributed by atoms with Gasteiger partial charge in [-0.25, -0.2) is 15.0 Å². The van der Waals surface area contributed by atoms with Crippen molar-refractivity contribution in [3.05, 3.63) is 29.7 Å². The van der Waals surface area contributed by atoms with Crippen molar-refractivity contribution in [2.24, 2.45) is 0 Å². The van der Waals surface area contributed by atoms with Gasteiger partial charge in [0.1, 0.15) is 17.0 Å². The molecule has 82 valence electrons. The minimum absolute atomic E-state index is 0.726. The summed E-state index contributed by atoms with van der Waals surface area (Å²) in [5.74, 6) is 0. The molecule has 2 heterocycles. The predicted octanol–water partition coefficient (Wildman–Crippen LogP) is 1.85. The topological polar surface area (TPSA) is 50.7 Å². The van der Waals surface area contributed by atoms with Gasteiger partial charge in [-0.15, -0.1) is 11.3 Å². The molecule has 0 atom stereocenters. The quantitative estimate of drug-likeness (QED) is 0.874. The van der Waals surface area contributed by atoms with E-state index in [9.17, 15) is 0 Å². The van der Waals surface area contributed by atoms with Crippen molar-refractivity contribution in [3.8, 4) is 10.7 Å². The summed E-state index contributed by atoms with van der Waals surface area (Å²) in [6.45, 7) is 0.867. The van der Waals surface area contributed by atoms with Crippen LogP contribution in [0.3, 0.4) is 0 Å². The molecule has 1 N–H and O–H groups in total. The largest absolute Gasteiger partial charge is 0.308 e. The molecule has 0 bridgehead atoms. The summed E-state index contributed by atoms with van der Waals surface area (Å²) < 4.78 is 0. The fourth-order valence-corrected chi connectivity index (χ4v) is 2.25. The first-order valence-corrected chi connectivity index (χ1v) is 6.24. The summed E-state index contributed by atoms with van der Waals surface area (Å²) in [6.07, 6.45) is 5.91. The van der Waals surface area contributed by atoms with Crippen LogP contribution in [-0.4, -0.2) is 21.0 Å². The van der Waals surface area contributed by atoms with Crippen molar-refractivity contribution in [2.75, 3.05) is 0 Å². The number of hydrogen-bond donors (Lipinski definition) is 1. The molecular formula is C11H12N4S. The summed E-state index contributed by atoms with van der Waals surface area (Å²) in [5, 5.41) is 6.51. The molecule has 1 aliphatic carbocycles. The van der Waals surface area contributed by atoms with Crippen molar-refractivity contribution in [2.45, 2.75) is 25.4 Å². The van der Waals surface area contributed by atoms with E-state index >= 15 is 0 Å². The molecule has 16 heavy (non-hydrogen) atoms. The summed E-state index contributed by atoms with van der Waals surface area (Å²) >= 11 is 1.63. The van der Waals surface area contributed by atoms with Crippen LogP contribution in [0.1, 0.15) is 18.5 Å². The zero-order valence-corrected chi connectivity index (χ0v) is 9.57. The van der Waals surface area contributed by atoms with E-state index in [1.165, 1.54) is 12.8 Å². The van der Waals surface area contributed by atoms with E-state index in [0.717, 1.165) is 29.0 Å². The number of thiazole rings is 1. The summed E-state index contributed by atoms with van der Waals surface area (Å²) in [4.78, 5) is 12.6. The molecule has 3 rings (SSSR count). The van der Waals surface area contributed by atoms with E-state index in [1.54, 1.807) is 23.9 Å². The highest BCUT2D eigenvalue weighted by Crippen LogP contribution is 2.22. The highest BCUT2D eigenvalue weighted by molar-refractivity contribution is 7.13. The fraction of sp³-hybridized carbons (Fsp3) is 0.364. The zero-order valence-electron chi connectivity index (χ0n) is 8.76. The third-order valence-electron chi connectivity index (χ3n) is 2.50. The van der Waals surface area contributed by atoms with E-state index in [0.29, 0.717) is 0 Å². The van der Waals surface area contributed by atoms with Crippen LogP contribution in [0.15, 0.2) is 24.0 Å². The van der Waals surface area contributed by atoms with Crippen molar-refractivity contribution in [1.82, 2.24) is 20.3 Å². The molecule has 1 fully saturated rings. The van der Waals surface area contributed by atoms with Crippen LogP contribution in [0.4, 0.5) is 0 Å².